The van der Waals surface area contributed by atoms with E-state index < -0.39 is 0 Å². The first-order chi connectivity index (χ1) is 7.18. The monoisotopic (exact) mass is 212 g/mol. The van der Waals surface area contributed by atoms with Gasteiger partial charge in [0, 0.05) is 20.2 Å². The smallest absolute Gasteiger partial charge is 0.222 e. The number of methoxy groups -OCH3 is 1. The summed E-state index contributed by atoms with van der Waals surface area (Å²) in [7, 11) is 1.76. The highest BCUT2D eigenvalue weighted by Gasteiger charge is 2.48. The molecular formula is C11H20N2O2. The number of amides is 1. The van der Waals surface area contributed by atoms with E-state index in [-0.39, 0.29) is 17.2 Å². The number of carbonyl (C=O) groups is 1. The Bertz CT molecular complexity index is 257. The van der Waals surface area contributed by atoms with Crippen molar-refractivity contribution in [3.8, 4) is 0 Å². The van der Waals surface area contributed by atoms with E-state index in [9.17, 15) is 4.79 Å². The summed E-state index contributed by atoms with van der Waals surface area (Å²) in [6.07, 6.45) is 4.64. The summed E-state index contributed by atoms with van der Waals surface area (Å²) in [4.78, 5) is 11.4. The van der Waals surface area contributed by atoms with Crippen molar-refractivity contribution < 1.29 is 9.53 Å². The van der Waals surface area contributed by atoms with Crippen LogP contribution >= 0.6 is 0 Å². The van der Waals surface area contributed by atoms with E-state index in [1.54, 1.807) is 7.11 Å². The second kappa shape index (κ2) is 4.10. The topological polar surface area (TPSA) is 64.3 Å². The lowest BCUT2D eigenvalue weighted by atomic mass is 9.66. The average Bonchev–Trinajstić information content (AvgIpc) is 2.61. The van der Waals surface area contributed by atoms with Gasteiger partial charge in [-0.1, -0.05) is 6.42 Å². The van der Waals surface area contributed by atoms with Crippen LogP contribution in [0.5, 0.6) is 0 Å². The molecule has 0 aromatic carbocycles. The van der Waals surface area contributed by atoms with Crippen LogP contribution in [0.25, 0.3) is 0 Å². The van der Waals surface area contributed by atoms with Crippen molar-refractivity contribution >= 4 is 5.91 Å². The molecular weight excluding hydrogens is 192 g/mol. The van der Waals surface area contributed by atoms with E-state index >= 15 is 0 Å². The maximum atomic E-state index is 11.4. The molecule has 1 heterocycles. The SMILES string of the molecule is COC1CCCC2(CNCC2C(N)=O)C1. The highest BCUT2D eigenvalue weighted by molar-refractivity contribution is 5.78. The van der Waals surface area contributed by atoms with Crippen LogP contribution in [-0.4, -0.2) is 32.2 Å². The molecule has 1 saturated carbocycles. The van der Waals surface area contributed by atoms with E-state index in [4.69, 9.17) is 10.5 Å². The van der Waals surface area contributed by atoms with Crippen molar-refractivity contribution in [3.05, 3.63) is 0 Å². The number of ether oxygens (including phenoxy) is 1. The molecule has 15 heavy (non-hydrogen) atoms. The summed E-state index contributed by atoms with van der Waals surface area (Å²) in [5, 5.41) is 3.30. The van der Waals surface area contributed by atoms with Crippen LogP contribution in [0.3, 0.4) is 0 Å². The van der Waals surface area contributed by atoms with Crippen LogP contribution < -0.4 is 11.1 Å². The molecule has 1 aliphatic carbocycles. The molecule has 2 fully saturated rings. The van der Waals surface area contributed by atoms with Gasteiger partial charge >= 0.3 is 0 Å². The van der Waals surface area contributed by atoms with Gasteiger partial charge in [0.25, 0.3) is 0 Å². The van der Waals surface area contributed by atoms with Crippen molar-refractivity contribution in [1.82, 2.24) is 5.32 Å². The molecule has 4 nitrogen and oxygen atoms in total. The maximum Gasteiger partial charge on any atom is 0.222 e. The molecule has 3 N–H and O–H groups in total. The zero-order valence-corrected chi connectivity index (χ0v) is 9.29. The highest BCUT2D eigenvalue weighted by Crippen LogP contribution is 2.45. The molecule has 0 bridgehead atoms. The summed E-state index contributed by atoms with van der Waals surface area (Å²) in [5.74, 6) is -0.160. The Labute approximate surface area is 90.5 Å². The summed E-state index contributed by atoms with van der Waals surface area (Å²) < 4.78 is 5.43. The molecule has 2 rings (SSSR count). The Morgan fingerprint density at radius 1 is 1.60 bits per heavy atom. The molecule has 1 saturated heterocycles. The summed E-state index contributed by atoms with van der Waals surface area (Å²) in [5.41, 5.74) is 5.54. The fourth-order valence-electron chi connectivity index (χ4n) is 3.23. The molecule has 0 aromatic heterocycles. The van der Waals surface area contributed by atoms with Gasteiger partial charge < -0.3 is 15.8 Å². The largest absolute Gasteiger partial charge is 0.381 e. The molecule has 0 radical (unpaired) electrons. The van der Waals surface area contributed by atoms with Gasteiger partial charge in [-0.25, -0.2) is 0 Å². The minimum absolute atomic E-state index is 0.00421. The second-order valence-corrected chi connectivity index (χ2v) is 4.90. The second-order valence-electron chi connectivity index (χ2n) is 4.90. The van der Waals surface area contributed by atoms with Crippen LogP contribution in [0, 0.1) is 11.3 Å². The molecule has 3 atom stereocenters. The lowest BCUT2D eigenvalue weighted by Gasteiger charge is -2.40. The third kappa shape index (κ3) is 1.88. The summed E-state index contributed by atoms with van der Waals surface area (Å²) in [6.45, 7) is 1.66. The van der Waals surface area contributed by atoms with Gasteiger partial charge in [0.15, 0.2) is 0 Å². The van der Waals surface area contributed by atoms with Gasteiger partial charge in [0.2, 0.25) is 5.91 Å². The lowest BCUT2D eigenvalue weighted by Crippen LogP contribution is -2.43. The minimum Gasteiger partial charge on any atom is -0.381 e. The maximum absolute atomic E-state index is 11.4. The Morgan fingerprint density at radius 2 is 2.40 bits per heavy atom. The van der Waals surface area contributed by atoms with Gasteiger partial charge in [-0.3, -0.25) is 4.79 Å². The quantitative estimate of drug-likeness (QED) is 0.690. The Hall–Kier alpha value is -0.610. The van der Waals surface area contributed by atoms with E-state index in [1.165, 1.54) is 0 Å². The predicted octanol–water partition coefficient (Wildman–Crippen LogP) is 0.267. The van der Waals surface area contributed by atoms with Crippen molar-refractivity contribution in [2.24, 2.45) is 17.1 Å². The Kier molecular flexibility index (Phi) is 2.98. The zero-order chi connectivity index (χ0) is 10.9. The van der Waals surface area contributed by atoms with Crippen molar-refractivity contribution in [3.63, 3.8) is 0 Å². The average molecular weight is 212 g/mol. The summed E-state index contributed by atoms with van der Waals surface area (Å²) >= 11 is 0. The standard InChI is InChI=1S/C11H20N2O2/c1-15-8-3-2-4-11(5-8)7-13-6-9(11)10(12)14/h8-9,13H,2-7H2,1H3,(H2,12,14). The zero-order valence-electron chi connectivity index (χ0n) is 9.29. The number of hydrogen-bond donors (Lipinski definition) is 2. The minimum atomic E-state index is -0.156. The van der Waals surface area contributed by atoms with Crippen LogP contribution in [0.2, 0.25) is 0 Å². The van der Waals surface area contributed by atoms with Crippen molar-refractivity contribution in [1.29, 1.82) is 0 Å². The molecule has 1 spiro atoms. The van der Waals surface area contributed by atoms with Crippen molar-refractivity contribution in [2.45, 2.75) is 31.8 Å². The number of nitrogens with two attached hydrogens (primary N) is 1. The van der Waals surface area contributed by atoms with Crippen LogP contribution in [0.1, 0.15) is 25.7 Å². The molecule has 4 heteroatoms. The van der Waals surface area contributed by atoms with Crippen LogP contribution in [0.4, 0.5) is 0 Å². The van der Waals surface area contributed by atoms with Crippen molar-refractivity contribution in [2.75, 3.05) is 20.2 Å². The molecule has 1 amide bonds. The van der Waals surface area contributed by atoms with Crippen LogP contribution in [0.15, 0.2) is 0 Å². The molecule has 3 unspecified atom stereocenters. The number of rotatable bonds is 2. The summed E-state index contributed by atoms with van der Waals surface area (Å²) in [6, 6.07) is 0. The van der Waals surface area contributed by atoms with Gasteiger partial charge in [-0.05, 0) is 24.7 Å². The fourth-order valence-corrected chi connectivity index (χ4v) is 3.23. The lowest BCUT2D eigenvalue weighted by molar-refractivity contribution is -0.126. The molecule has 0 aromatic rings. The number of hydrogen-bond acceptors (Lipinski definition) is 3. The number of carbonyl (C=O) groups excluding carboxylic acids is 1. The van der Waals surface area contributed by atoms with E-state index in [2.05, 4.69) is 5.32 Å². The first kappa shape index (κ1) is 10.9. The van der Waals surface area contributed by atoms with E-state index in [1.807, 2.05) is 0 Å². The fraction of sp³-hybridized carbons (Fsp3) is 0.909. The highest BCUT2D eigenvalue weighted by atomic mass is 16.5. The van der Waals surface area contributed by atoms with Crippen LogP contribution in [-0.2, 0) is 9.53 Å². The van der Waals surface area contributed by atoms with Gasteiger partial charge in [-0.2, -0.15) is 0 Å². The van der Waals surface area contributed by atoms with Gasteiger partial charge in [-0.15, -0.1) is 0 Å². The predicted molar refractivity (Wildman–Crippen MR) is 57.3 cm³/mol. The first-order valence-corrected chi connectivity index (χ1v) is 5.71. The third-order valence-electron chi connectivity index (χ3n) is 4.08. The molecule has 2 aliphatic rings. The molecule has 86 valence electrons. The first-order valence-electron chi connectivity index (χ1n) is 5.71. The van der Waals surface area contributed by atoms with Gasteiger partial charge in [0.1, 0.15) is 0 Å². The Balaban J connectivity index is 2.13. The number of nitrogens with one attached hydrogen (secondary N) is 1. The van der Waals surface area contributed by atoms with E-state index in [0.717, 1.165) is 38.8 Å². The van der Waals surface area contributed by atoms with Gasteiger partial charge in [0.05, 0.1) is 12.0 Å². The Morgan fingerprint density at radius 3 is 3.07 bits per heavy atom. The van der Waals surface area contributed by atoms with E-state index in [0.29, 0.717) is 6.10 Å². The number of primary amides is 1. The third-order valence-corrected chi connectivity index (χ3v) is 4.08. The normalized spacial score (nSPS) is 40.9. The molecule has 1 aliphatic heterocycles.